The van der Waals surface area contributed by atoms with Gasteiger partial charge >= 0.3 is 0 Å². The molecule has 0 spiro atoms. The monoisotopic (exact) mass is 326 g/mol. The maximum Gasteiger partial charge on any atom is 0.156 e. The lowest BCUT2D eigenvalue weighted by molar-refractivity contribution is 0.473. The fourth-order valence-corrected chi connectivity index (χ4v) is 1.97. The van der Waals surface area contributed by atoms with E-state index in [0.717, 1.165) is 0 Å². The molecule has 1 aromatic carbocycles. The predicted molar refractivity (Wildman–Crippen MR) is 74.3 cm³/mol. The molecule has 0 amide bonds. The van der Waals surface area contributed by atoms with Crippen LogP contribution in [-0.2, 0) is 0 Å². The summed E-state index contributed by atoms with van der Waals surface area (Å²) in [6, 6.07) is 7.59. The van der Waals surface area contributed by atoms with Crippen LogP contribution in [-0.4, -0.2) is 9.97 Å². The molecule has 0 aliphatic carbocycles. The summed E-state index contributed by atoms with van der Waals surface area (Å²) in [7, 11) is 0. The van der Waals surface area contributed by atoms with Crippen LogP contribution >= 0.6 is 28.1 Å². The van der Waals surface area contributed by atoms with E-state index in [1.165, 1.54) is 12.1 Å². The Hall–Kier alpha value is -1.53. The largest absolute Gasteiger partial charge is 0.455 e. The van der Waals surface area contributed by atoms with Gasteiger partial charge in [0.25, 0.3) is 0 Å². The third kappa shape index (κ3) is 3.02. The molecule has 1 heterocycles. The van der Waals surface area contributed by atoms with Crippen LogP contribution in [0.25, 0.3) is 0 Å². The standard InChI is InChI=1S/C12H8BrFN2OS/c13-7-4-8(14)6-9(5-7)17-10-2-1-3-16-11(10)12(15)18/h1-6H,(H2,15,18). The summed E-state index contributed by atoms with van der Waals surface area (Å²) in [5.74, 6) is 0.329. The number of rotatable bonds is 3. The molecule has 0 atom stereocenters. The van der Waals surface area contributed by atoms with Gasteiger partial charge in [0.2, 0.25) is 0 Å². The van der Waals surface area contributed by atoms with E-state index < -0.39 is 5.82 Å². The number of benzene rings is 1. The van der Waals surface area contributed by atoms with Gasteiger partial charge in [-0.15, -0.1) is 0 Å². The van der Waals surface area contributed by atoms with Crippen LogP contribution in [0.1, 0.15) is 5.69 Å². The molecule has 0 fully saturated rings. The van der Waals surface area contributed by atoms with Gasteiger partial charge in [-0.05, 0) is 24.3 Å². The summed E-state index contributed by atoms with van der Waals surface area (Å²) in [6.45, 7) is 0. The lowest BCUT2D eigenvalue weighted by Gasteiger charge is -2.09. The fourth-order valence-electron chi connectivity index (χ4n) is 1.37. The van der Waals surface area contributed by atoms with Gasteiger partial charge in [-0.1, -0.05) is 28.1 Å². The van der Waals surface area contributed by atoms with Crippen molar-refractivity contribution in [3.8, 4) is 11.5 Å². The van der Waals surface area contributed by atoms with E-state index in [2.05, 4.69) is 20.9 Å². The van der Waals surface area contributed by atoms with Crippen molar-refractivity contribution >= 4 is 33.1 Å². The second-order valence-corrected chi connectivity index (χ2v) is 4.78. The van der Waals surface area contributed by atoms with Crippen LogP contribution < -0.4 is 10.5 Å². The molecule has 0 saturated carbocycles. The number of nitrogens with zero attached hydrogens (tertiary/aromatic N) is 1. The number of aromatic nitrogens is 1. The number of hydrogen-bond acceptors (Lipinski definition) is 3. The minimum atomic E-state index is -0.403. The van der Waals surface area contributed by atoms with Crippen molar-refractivity contribution in [3.63, 3.8) is 0 Å². The molecule has 0 aliphatic rings. The van der Waals surface area contributed by atoms with Crippen LogP contribution in [0, 0.1) is 5.82 Å². The first-order valence-corrected chi connectivity index (χ1v) is 6.15. The smallest absolute Gasteiger partial charge is 0.156 e. The number of halogens is 2. The summed E-state index contributed by atoms with van der Waals surface area (Å²) in [4.78, 5) is 4.15. The van der Waals surface area contributed by atoms with Crippen molar-refractivity contribution < 1.29 is 9.13 Å². The first kappa shape index (κ1) is 12.9. The fraction of sp³-hybridized carbons (Fsp3) is 0. The lowest BCUT2D eigenvalue weighted by Crippen LogP contribution is -2.12. The number of nitrogens with two attached hydrogens (primary N) is 1. The zero-order chi connectivity index (χ0) is 13.1. The van der Waals surface area contributed by atoms with Crippen LogP contribution in [0.4, 0.5) is 4.39 Å². The first-order chi connectivity index (χ1) is 8.56. The number of ether oxygens (including phenoxy) is 1. The Morgan fingerprint density at radius 1 is 1.39 bits per heavy atom. The van der Waals surface area contributed by atoms with E-state index in [1.807, 2.05) is 0 Å². The molecule has 3 nitrogen and oxygen atoms in total. The quantitative estimate of drug-likeness (QED) is 0.878. The molecule has 0 radical (unpaired) electrons. The third-order valence-corrected chi connectivity index (χ3v) is 2.72. The van der Waals surface area contributed by atoms with E-state index in [0.29, 0.717) is 21.7 Å². The first-order valence-electron chi connectivity index (χ1n) is 4.95. The molecule has 2 rings (SSSR count). The molecular weight excluding hydrogens is 319 g/mol. The summed E-state index contributed by atoms with van der Waals surface area (Å²) in [6.07, 6.45) is 1.56. The highest BCUT2D eigenvalue weighted by Crippen LogP contribution is 2.27. The van der Waals surface area contributed by atoms with Crippen LogP contribution in [0.3, 0.4) is 0 Å². The van der Waals surface area contributed by atoms with Gasteiger partial charge in [0.05, 0.1) is 0 Å². The molecule has 18 heavy (non-hydrogen) atoms. The summed E-state index contributed by atoms with van der Waals surface area (Å²) in [5.41, 5.74) is 5.90. The van der Waals surface area contributed by atoms with Crippen molar-refractivity contribution in [2.24, 2.45) is 5.73 Å². The van der Waals surface area contributed by atoms with Crippen LogP contribution in [0.5, 0.6) is 11.5 Å². The highest BCUT2D eigenvalue weighted by Gasteiger charge is 2.09. The van der Waals surface area contributed by atoms with Gasteiger partial charge in [0.1, 0.15) is 22.2 Å². The van der Waals surface area contributed by atoms with Gasteiger partial charge in [0, 0.05) is 16.7 Å². The molecular formula is C12H8BrFN2OS. The van der Waals surface area contributed by atoms with Crippen molar-refractivity contribution in [2.75, 3.05) is 0 Å². The Bertz CT molecular complexity index is 586. The Balaban J connectivity index is 2.37. The van der Waals surface area contributed by atoms with Crippen LogP contribution in [0.2, 0.25) is 0 Å². The molecule has 0 bridgehead atoms. The molecule has 0 saturated heterocycles. The zero-order valence-corrected chi connectivity index (χ0v) is 11.5. The van der Waals surface area contributed by atoms with Crippen molar-refractivity contribution in [1.29, 1.82) is 0 Å². The Morgan fingerprint density at radius 2 is 2.17 bits per heavy atom. The zero-order valence-electron chi connectivity index (χ0n) is 9.06. The average molecular weight is 327 g/mol. The van der Waals surface area contributed by atoms with E-state index in [-0.39, 0.29) is 4.99 Å². The van der Waals surface area contributed by atoms with Crippen molar-refractivity contribution in [2.45, 2.75) is 0 Å². The molecule has 92 valence electrons. The van der Waals surface area contributed by atoms with Crippen LogP contribution in [0.15, 0.2) is 41.0 Å². The molecule has 1 aromatic heterocycles. The van der Waals surface area contributed by atoms with E-state index in [1.54, 1.807) is 24.4 Å². The third-order valence-electron chi connectivity index (χ3n) is 2.07. The number of thiocarbonyl (C=S) groups is 1. The highest BCUT2D eigenvalue weighted by atomic mass is 79.9. The average Bonchev–Trinajstić information content (AvgIpc) is 2.27. The Labute approximate surface area is 117 Å². The maximum absolute atomic E-state index is 13.2. The van der Waals surface area contributed by atoms with E-state index in [4.69, 9.17) is 22.7 Å². The summed E-state index contributed by atoms with van der Waals surface area (Å²) >= 11 is 8.06. The number of hydrogen-bond donors (Lipinski definition) is 1. The lowest BCUT2D eigenvalue weighted by atomic mass is 10.3. The maximum atomic E-state index is 13.2. The van der Waals surface area contributed by atoms with Gasteiger partial charge in [-0.2, -0.15) is 0 Å². The molecule has 2 N–H and O–H groups in total. The number of pyridine rings is 1. The minimum Gasteiger partial charge on any atom is -0.455 e. The van der Waals surface area contributed by atoms with Gasteiger partial charge < -0.3 is 10.5 Å². The molecule has 6 heteroatoms. The predicted octanol–water partition coefficient (Wildman–Crippen LogP) is 3.41. The van der Waals surface area contributed by atoms with E-state index >= 15 is 0 Å². The van der Waals surface area contributed by atoms with Gasteiger partial charge in [-0.25, -0.2) is 9.37 Å². The second kappa shape index (κ2) is 5.41. The van der Waals surface area contributed by atoms with Crippen molar-refractivity contribution in [3.05, 3.63) is 52.5 Å². The van der Waals surface area contributed by atoms with Crippen molar-refractivity contribution in [1.82, 2.24) is 4.98 Å². The van der Waals surface area contributed by atoms with Gasteiger partial charge in [-0.3, -0.25) is 0 Å². The SMILES string of the molecule is NC(=S)c1ncccc1Oc1cc(F)cc(Br)c1. The summed E-state index contributed by atoms with van der Waals surface area (Å²) < 4.78 is 19.3. The van der Waals surface area contributed by atoms with E-state index in [9.17, 15) is 4.39 Å². The summed E-state index contributed by atoms with van der Waals surface area (Å²) in [5, 5.41) is 0. The normalized spacial score (nSPS) is 10.1. The second-order valence-electron chi connectivity index (χ2n) is 3.42. The molecule has 2 aromatic rings. The Morgan fingerprint density at radius 3 is 2.83 bits per heavy atom. The minimum absolute atomic E-state index is 0.126. The Kier molecular flexibility index (Phi) is 3.88. The molecule has 0 aliphatic heterocycles. The molecule has 0 unspecified atom stereocenters. The highest BCUT2D eigenvalue weighted by molar-refractivity contribution is 9.10. The topological polar surface area (TPSA) is 48.1 Å². The van der Waals surface area contributed by atoms with Gasteiger partial charge in [0.15, 0.2) is 5.75 Å².